The summed E-state index contributed by atoms with van der Waals surface area (Å²) in [5, 5.41) is 30.2. The number of ketones is 1. The van der Waals surface area contributed by atoms with Crippen molar-refractivity contribution in [3.63, 3.8) is 0 Å². The highest BCUT2D eigenvalue weighted by atomic mass is 16.5. The minimum absolute atomic E-state index is 0.0286. The molecule has 1 heterocycles. The highest BCUT2D eigenvalue weighted by Crippen LogP contribution is 2.30. The van der Waals surface area contributed by atoms with E-state index in [9.17, 15) is 24.9 Å². The Labute approximate surface area is 157 Å². The molecule has 3 N–H and O–H groups in total. The number of rotatable bonds is 1. The third kappa shape index (κ3) is 4.96. The average molecular weight is 376 g/mol. The van der Waals surface area contributed by atoms with Crippen molar-refractivity contribution in [1.82, 2.24) is 0 Å². The van der Waals surface area contributed by atoms with Gasteiger partial charge in [-0.2, -0.15) is 0 Å². The molecule has 7 nitrogen and oxygen atoms in total. The maximum atomic E-state index is 12.6. The molecule has 0 amide bonds. The summed E-state index contributed by atoms with van der Waals surface area (Å²) in [5.41, 5.74) is 0.301. The number of hydrogen-bond acceptors (Lipinski definition) is 7. The topological polar surface area (TPSA) is 113 Å². The van der Waals surface area contributed by atoms with E-state index < -0.39 is 30.1 Å². The number of ether oxygens (including phenoxy) is 2. The molecule has 1 unspecified atom stereocenters. The summed E-state index contributed by atoms with van der Waals surface area (Å²) in [4.78, 5) is 24.6. The van der Waals surface area contributed by atoms with Crippen LogP contribution in [0.15, 0.2) is 30.4 Å². The Morgan fingerprint density at radius 3 is 2.52 bits per heavy atom. The molecule has 1 aromatic carbocycles. The molecule has 0 bridgehead atoms. The van der Waals surface area contributed by atoms with Gasteiger partial charge in [0.15, 0.2) is 5.78 Å². The number of aliphatic hydroxyl groups is 2. The van der Waals surface area contributed by atoms with Gasteiger partial charge in [-0.1, -0.05) is 25.2 Å². The lowest BCUT2D eigenvalue weighted by Crippen LogP contribution is -2.32. The number of carbonyl (C=O) groups excluding carboxylic acids is 2. The van der Waals surface area contributed by atoms with Crippen LogP contribution in [0.3, 0.4) is 0 Å². The summed E-state index contributed by atoms with van der Waals surface area (Å²) < 4.78 is 10.5. The Hall–Kier alpha value is -2.64. The predicted molar refractivity (Wildman–Crippen MR) is 98.5 cm³/mol. The maximum Gasteiger partial charge on any atom is 0.342 e. The third-order valence-electron chi connectivity index (χ3n) is 4.49. The number of benzene rings is 1. The zero-order valence-corrected chi connectivity index (χ0v) is 15.5. The quantitative estimate of drug-likeness (QED) is 0.641. The number of aromatic hydroxyl groups is 1. The van der Waals surface area contributed by atoms with E-state index in [2.05, 4.69) is 0 Å². The minimum Gasteiger partial charge on any atom is -0.507 e. The summed E-state index contributed by atoms with van der Waals surface area (Å²) in [6.07, 6.45) is 2.19. The van der Waals surface area contributed by atoms with Gasteiger partial charge in [-0.05, 0) is 31.1 Å². The van der Waals surface area contributed by atoms with Crippen molar-refractivity contribution < 1.29 is 34.4 Å². The van der Waals surface area contributed by atoms with E-state index in [1.165, 1.54) is 37.5 Å². The minimum atomic E-state index is -1.56. The maximum absolute atomic E-state index is 12.6. The molecular formula is C20H24O7. The van der Waals surface area contributed by atoms with Crippen LogP contribution in [0.5, 0.6) is 11.5 Å². The van der Waals surface area contributed by atoms with Gasteiger partial charge in [0, 0.05) is 12.0 Å². The number of phenols is 1. The van der Waals surface area contributed by atoms with Crippen molar-refractivity contribution >= 4 is 17.8 Å². The van der Waals surface area contributed by atoms with Gasteiger partial charge >= 0.3 is 5.97 Å². The van der Waals surface area contributed by atoms with Crippen molar-refractivity contribution in [2.45, 2.75) is 38.6 Å². The van der Waals surface area contributed by atoms with Crippen LogP contribution in [0.2, 0.25) is 0 Å². The zero-order chi connectivity index (χ0) is 20.1. The van der Waals surface area contributed by atoms with Gasteiger partial charge in [0.2, 0.25) is 0 Å². The first-order chi connectivity index (χ1) is 12.7. The molecule has 0 aliphatic carbocycles. The van der Waals surface area contributed by atoms with Crippen LogP contribution in [0, 0.1) is 5.92 Å². The molecule has 146 valence electrons. The molecule has 0 saturated heterocycles. The summed E-state index contributed by atoms with van der Waals surface area (Å²) in [5.74, 6) is -1.63. The molecule has 4 atom stereocenters. The molecule has 27 heavy (non-hydrogen) atoms. The van der Waals surface area contributed by atoms with Gasteiger partial charge < -0.3 is 24.8 Å². The van der Waals surface area contributed by atoms with Crippen LogP contribution in [-0.4, -0.2) is 52.5 Å². The van der Waals surface area contributed by atoms with Crippen molar-refractivity contribution in [3.05, 3.63) is 41.5 Å². The summed E-state index contributed by atoms with van der Waals surface area (Å²) in [6, 6.07) is 2.85. The fraction of sp³-hybridized carbons (Fsp3) is 0.400. The van der Waals surface area contributed by atoms with Crippen molar-refractivity contribution in [2.75, 3.05) is 7.11 Å². The molecular weight excluding hydrogens is 352 g/mol. The number of esters is 1. The lowest BCUT2D eigenvalue weighted by molar-refractivity contribution is -0.127. The Balaban J connectivity index is 2.50. The number of cyclic esters (lactones) is 1. The standard InChI is InChI=1S/C20H24O7/c1-11-7-8-16(22)19(24)15(21)6-4-5-13-9-14(26-3)10-17(23)18(13)20(25)27-12(11)2/h4-5,7-12,15,19,21,23-24H,6H2,1-3H3/b5-4+,8-7-/t11-,12+,15+,19?/m1/s1. The van der Waals surface area contributed by atoms with E-state index >= 15 is 0 Å². The molecule has 1 aliphatic rings. The van der Waals surface area contributed by atoms with Crippen LogP contribution >= 0.6 is 0 Å². The fourth-order valence-electron chi connectivity index (χ4n) is 2.58. The number of aliphatic hydroxyl groups excluding tert-OH is 2. The van der Waals surface area contributed by atoms with Gasteiger partial charge in [0.05, 0.1) is 13.2 Å². The molecule has 0 spiro atoms. The van der Waals surface area contributed by atoms with Crippen LogP contribution in [0.4, 0.5) is 0 Å². The van der Waals surface area contributed by atoms with E-state index in [1.807, 2.05) is 0 Å². The Kier molecular flexibility index (Phi) is 6.76. The second kappa shape index (κ2) is 8.83. The zero-order valence-electron chi connectivity index (χ0n) is 15.5. The molecule has 0 saturated carbocycles. The van der Waals surface area contributed by atoms with Crippen LogP contribution in [-0.2, 0) is 9.53 Å². The summed E-state index contributed by atoms with van der Waals surface area (Å²) in [7, 11) is 1.42. The Bertz CT molecular complexity index is 766. The van der Waals surface area contributed by atoms with E-state index in [4.69, 9.17) is 9.47 Å². The molecule has 0 aromatic heterocycles. The van der Waals surface area contributed by atoms with Gasteiger partial charge in [-0.25, -0.2) is 4.79 Å². The first-order valence-electron chi connectivity index (χ1n) is 8.61. The molecule has 0 fully saturated rings. The van der Waals surface area contributed by atoms with Crippen LogP contribution in [0.1, 0.15) is 36.2 Å². The smallest absolute Gasteiger partial charge is 0.342 e. The number of fused-ring (bicyclic) bond motifs is 1. The summed E-state index contributed by atoms with van der Waals surface area (Å²) in [6.45, 7) is 3.40. The van der Waals surface area contributed by atoms with Crippen molar-refractivity contribution in [1.29, 1.82) is 0 Å². The lowest BCUT2D eigenvalue weighted by Gasteiger charge is -2.20. The van der Waals surface area contributed by atoms with E-state index in [-0.39, 0.29) is 23.7 Å². The largest absolute Gasteiger partial charge is 0.507 e. The van der Waals surface area contributed by atoms with Gasteiger partial charge in [-0.3, -0.25) is 4.79 Å². The summed E-state index contributed by atoms with van der Waals surface area (Å²) >= 11 is 0. The molecule has 2 rings (SSSR count). The van der Waals surface area contributed by atoms with Gasteiger partial charge in [0.25, 0.3) is 0 Å². The first-order valence-corrected chi connectivity index (χ1v) is 8.61. The second-order valence-corrected chi connectivity index (χ2v) is 6.49. The van der Waals surface area contributed by atoms with Gasteiger partial charge in [-0.15, -0.1) is 0 Å². The normalized spacial score (nSPS) is 29.2. The Morgan fingerprint density at radius 1 is 1.15 bits per heavy atom. The molecule has 7 heteroatoms. The van der Waals surface area contributed by atoms with Gasteiger partial charge in [0.1, 0.15) is 29.3 Å². The highest BCUT2D eigenvalue weighted by molar-refractivity contribution is 5.97. The third-order valence-corrected chi connectivity index (χ3v) is 4.49. The van der Waals surface area contributed by atoms with Crippen LogP contribution < -0.4 is 4.74 Å². The first kappa shape index (κ1) is 20.7. The lowest BCUT2D eigenvalue weighted by atomic mass is 9.99. The predicted octanol–water partition coefficient (Wildman–Crippen LogP) is 1.85. The second-order valence-electron chi connectivity index (χ2n) is 6.49. The molecule has 0 radical (unpaired) electrons. The number of phenolic OH excluding ortho intramolecular Hbond substituents is 1. The van der Waals surface area contributed by atoms with Crippen molar-refractivity contribution in [2.24, 2.45) is 5.92 Å². The fourth-order valence-corrected chi connectivity index (χ4v) is 2.58. The van der Waals surface area contributed by atoms with E-state index in [1.54, 1.807) is 19.9 Å². The van der Waals surface area contributed by atoms with E-state index in [0.29, 0.717) is 11.3 Å². The van der Waals surface area contributed by atoms with E-state index in [0.717, 1.165) is 0 Å². The van der Waals surface area contributed by atoms with Crippen LogP contribution in [0.25, 0.3) is 6.08 Å². The number of carbonyl (C=O) groups is 2. The molecule has 1 aromatic rings. The monoisotopic (exact) mass is 376 g/mol. The number of methoxy groups -OCH3 is 1. The average Bonchev–Trinajstić information content (AvgIpc) is 2.63. The SMILES string of the molecule is COc1cc(O)c2c(c1)/C=C/C[C@H](O)C(O)C(=O)/C=C\[C@@H](C)[C@H](C)OC2=O. The number of hydrogen-bond donors (Lipinski definition) is 3. The van der Waals surface area contributed by atoms with Crippen molar-refractivity contribution in [3.8, 4) is 11.5 Å². The molecule has 1 aliphatic heterocycles. The highest BCUT2D eigenvalue weighted by Gasteiger charge is 2.25. The Morgan fingerprint density at radius 2 is 1.85 bits per heavy atom.